The predicted octanol–water partition coefficient (Wildman–Crippen LogP) is 4.29. The number of hydrogen-bond acceptors (Lipinski definition) is 1. The summed E-state index contributed by atoms with van der Waals surface area (Å²) in [6, 6.07) is 0. The lowest BCUT2D eigenvalue weighted by molar-refractivity contribution is -0.348. The molecule has 1 aliphatic carbocycles. The van der Waals surface area contributed by atoms with Crippen LogP contribution in [-0.4, -0.2) is 46.4 Å². The zero-order valence-electron chi connectivity index (χ0n) is 9.70. The molecule has 1 nitrogen and oxygen atoms in total. The predicted molar refractivity (Wildman–Crippen MR) is 44.4 cm³/mol. The van der Waals surface area contributed by atoms with E-state index in [1.807, 2.05) is 0 Å². The Labute approximate surface area is 121 Å². The lowest BCUT2D eigenvalue weighted by atomic mass is 9.80. The van der Waals surface area contributed by atoms with Gasteiger partial charge in [-0.3, -0.25) is 4.79 Å². The molecule has 0 heterocycles. The largest absolute Gasteiger partial charge is 0.432 e. The third-order valence-corrected chi connectivity index (χ3v) is 3.52. The van der Waals surface area contributed by atoms with Crippen molar-refractivity contribution >= 4 is 16.8 Å². The molecule has 2 atom stereocenters. The fourth-order valence-electron chi connectivity index (χ4n) is 2.12. The molecule has 15 heteroatoms. The summed E-state index contributed by atoms with van der Waals surface area (Å²) in [5, 5.41) is -4.01. The SMILES string of the molecule is O=C(Cl)C1(F)C(F)(C(F)(F)F)C(F)(F)C(F)(F)C1(F)C(F)(F)F. The summed E-state index contributed by atoms with van der Waals surface area (Å²) in [7, 11) is 0. The maximum absolute atomic E-state index is 13.9. The van der Waals surface area contributed by atoms with Crippen molar-refractivity contribution in [2.75, 3.05) is 0 Å². The van der Waals surface area contributed by atoms with Crippen molar-refractivity contribution in [3.8, 4) is 0 Å². The second kappa shape index (κ2) is 4.36. The highest BCUT2D eigenvalue weighted by Gasteiger charge is 3.09. The van der Waals surface area contributed by atoms with Crippen LogP contribution in [0.15, 0.2) is 0 Å². The summed E-state index contributed by atoms with van der Waals surface area (Å²) in [5.41, 5.74) is -22.4. The zero-order valence-corrected chi connectivity index (χ0v) is 10.5. The van der Waals surface area contributed by atoms with Crippen LogP contribution in [0.5, 0.6) is 0 Å². The minimum absolute atomic E-state index is 3.90. The summed E-state index contributed by atoms with van der Waals surface area (Å²) in [6.45, 7) is 0. The highest BCUT2D eigenvalue weighted by Crippen LogP contribution is 2.75. The first-order valence-corrected chi connectivity index (χ1v) is 5.23. The molecular formula is C8ClF13O. The first-order valence-electron chi connectivity index (χ1n) is 4.85. The van der Waals surface area contributed by atoms with Crippen molar-refractivity contribution in [2.45, 2.75) is 41.2 Å². The van der Waals surface area contributed by atoms with Gasteiger partial charge in [0.1, 0.15) is 0 Å². The van der Waals surface area contributed by atoms with E-state index in [-0.39, 0.29) is 0 Å². The molecule has 1 fully saturated rings. The second-order valence-corrected chi connectivity index (χ2v) is 4.74. The van der Waals surface area contributed by atoms with E-state index in [0.29, 0.717) is 0 Å². The number of carbonyl (C=O) groups excluding carboxylic acids is 1. The third kappa shape index (κ3) is 1.65. The lowest BCUT2D eigenvalue weighted by Crippen LogP contribution is -2.71. The average molecular weight is 395 g/mol. The Morgan fingerprint density at radius 3 is 1.00 bits per heavy atom. The first kappa shape index (κ1) is 20.1. The molecular weight excluding hydrogens is 395 g/mol. The van der Waals surface area contributed by atoms with Crippen molar-refractivity contribution in [1.82, 2.24) is 0 Å². The number of halogens is 14. The zero-order chi connectivity index (χ0) is 19.1. The van der Waals surface area contributed by atoms with Gasteiger partial charge in [-0.2, -0.15) is 43.9 Å². The molecule has 1 aliphatic rings. The molecule has 0 spiro atoms. The quantitative estimate of drug-likeness (QED) is 0.479. The summed E-state index contributed by atoms with van der Waals surface area (Å²) >= 11 is 3.90. The van der Waals surface area contributed by atoms with Gasteiger partial charge in [0.15, 0.2) is 0 Å². The smallest absolute Gasteiger partial charge is 0.277 e. The lowest BCUT2D eigenvalue weighted by Gasteiger charge is -2.37. The van der Waals surface area contributed by atoms with Crippen LogP contribution in [0.3, 0.4) is 0 Å². The molecule has 23 heavy (non-hydrogen) atoms. The number of carbonyl (C=O) groups is 1. The van der Waals surface area contributed by atoms with Gasteiger partial charge < -0.3 is 0 Å². The van der Waals surface area contributed by atoms with E-state index in [2.05, 4.69) is 11.6 Å². The van der Waals surface area contributed by atoms with Crippen LogP contribution in [0.2, 0.25) is 0 Å². The van der Waals surface area contributed by atoms with Crippen LogP contribution >= 0.6 is 11.6 Å². The Balaban J connectivity index is 4.16. The Kier molecular flexibility index (Phi) is 3.81. The van der Waals surface area contributed by atoms with Gasteiger partial charge in [0, 0.05) is 0 Å². The van der Waals surface area contributed by atoms with E-state index in [9.17, 15) is 61.9 Å². The van der Waals surface area contributed by atoms with Crippen molar-refractivity contribution in [1.29, 1.82) is 0 Å². The van der Waals surface area contributed by atoms with Gasteiger partial charge in [-0.15, -0.1) is 0 Å². The van der Waals surface area contributed by atoms with E-state index >= 15 is 0 Å². The van der Waals surface area contributed by atoms with Crippen LogP contribution in [0.1, 0.15) is 0 Å². The standard InChI is InChI=1S/C8ClF13O/c9-1(23)2(10)3(11,7(17,18)19)5(13,14)6(15,16)4(2,12)8(20,21)22. The molecule has 1 rings (SSSR count). The van der Waals surface area contributed by atoms with Crippen molar-refractivity contribution < 1.29 is 61.9 Å². The topological polar surface area (TPSA) is 17.1 Å². The monoisotopic (exact) mass is 394 g/mol. The van der Waals surface area contributed by atoms with Crippen LogP contribution in [0.25, 0.3) is 0 Å². The molecule has 0 aromatic heterocycles. The van der Waals surface area contributed by atoms with Crippen molar-refractivity contribution in [3.63, 3.8) is 0 Å². The van der Waals surface area contributed by atoms with Gasteiger partial charge in [0.05, 0.1) is 0 Å². The molecule has 0 N–H and O–H groups in total. The summed E-state index contributed by atoms with van der Waals surface area (Å²) in [5.74, 6) is -15.3. The van der Waals surface area contributed by atoms with Gasteiger partial charge in [-0.25, -0.2) is 13.2 Å². The summed E-state index contributed by atoms with van der Waals surface area (Å²) in [6.07, 6.45) is -15.1. The maximum atomic E-state index is 13.9. The van der Waals surface area contributed by atoms with Crippen molar-refractivity contribution in [2.24, 2.45) is 0 Å². The Bertz CT molecular complexity index is 497. The molecule has 136 valence electrons. The second-order valence-electron chi connectivity index (χ2n) is 4.39. The molecule has 0 aromatic rings. The molecule has 1 saturated carbocycles. The maximum Gasteiger partial charge on any atom is 0.432 e. The molecule has 0 aliphatic heterocycles. The fourth-order valence-corrected chi connectivity index (χ4v) is 2.38. The highest BCUT2D eigenvalue weighted by atomic mass is 35.5. The average Bonchev–Trinajstić information content (AvgIpc) is 2.37. The third-order valence-electron chi connectivity index (χ3n) is 3.26. The number of hydrogen-bond donors (Lipinski definition) is 0. The number of rotatable bonds is 1. The normalized spacial score (nSPS) is 40.3. The van der Waals surface area contributed by atoms with Gasteiger partial charge in [-0.05, 0) is 11.6 Å². The molecule has 0 bridgehead atoms. The van der Waals surface area contributed by atoms with E-state index < -0.39 is 46.4 Å². The van der Waals surface area contributed by atoms with Gasteiger partial charge in [0.25, 0.3) is 10.9 Å². The molecule has 0 saturated heterocycles. The fraction of sp³-hybridized carbons (Fsp3) is 0.875. The van der Waals surface area contributed by atoms with Gasteiger partial charge in [0.2, 0.25) is 0 Å². The Morgan fingerprint density at radius 2 is 0.870 bits per heavy atom. The number of alkyl halides is 13. The molecule has 0 radical (unpaired) electrons. The highest BCUT2D eigenvalue weighted by molar-refractivity contribution is 6.66. The molecule has 0 amide bonds. The van der Waals surface area contributed by atoms with Crippen LogP contribution in [-0.2, 0) is 4.79 Å². The van der Waals surface area contributed by atoms with Crippen molar-refractivity contribution in [3.05, 3.63) is 0 Å². The minimum atomic E-state index is -7.66. The van der Waals surface area contributed by atoms with Gasteiger partial charge >= 0.3 is 35.5 Å². The molecule has 2 unspecified atom stereocenters. The van der Waals surface area contributed by atoms with Crippen LogP contribution in [0.4, 0.5) is 57.1 Å². The van der Waals surface area contributed by atoms with E-state index in [1.165, 1.54) is 0 Å². The minimum Gasteiger partial charge on any atom is -0.277 e. The van der Waals surface area contributed by atoms with Gasteiger partial charge in [-0.1, -0.05) is 0 Å². The van der Waals surface area contributed by atoms with E-state index in [4.69, 9.17) is 0 Å². The van der Waals surface area contributed by atoms with Crippen LogP contribution in [0, 0.1) is 0 Å². The van der Waals surface area contributed by atoms with Crippen LogP contribution < -0.4 is 0 Å². The Morgan fingerprint density at radius 1 is 0.652 bits per heavy atom. The van der Waals surface area contributed by atoms with E-state index in [0.717, 1.165) is 0 Å². The summed E-state index contributed by atoms with van der Waals surface area (Å²) < 4.78 is 168. The first-order chi connectivity index (χ1) is 9.69. The summed E-state index contributed by atoms with van der Waals surface area (Å²) in [4.78, 5) is 10.5. The van der Waals surface area contributed by atoms with E-state index in [1.54, 1.807) is 0 Å². The Hall–Kier alpha value is -0.950. The molecule has 0 aromatic carbocycles.